The van der Waals surface area contributed by atoms with Gasteiger partial charge in [0.05, 0.1) is 12.3 Å². The standard InChI is InChI=1S/C27H34FN5O3/c28-23-17-29-27(30-20-9-7-18(8-10-20)26(36)32-14-11-22(34)12-15-32)31-25(23)19-4-3-5-21(16-19)33-13-2-1-6-24(33)35/h3-5,16-18,20,22,34H,1-2,6-15H2,(H,29,30,31). The van der Waals surface area contributed by atoms with Gasteiger partial charge in [-0.25, -0.2) is 14.4 Å². The number of aliphatic hydroxyl groups is 1. The second-order valence-electron chi connectivity index (χ2n) is 10.2. The van der Waals surface area contributed by atoms with E-state index in [0.29, 0.717) is 50.4 Å². The van der Waals surface area contributed by atoms with Gasteiger partial charge in [-0.1, -0.05) is 12.1 Å². The third-order valence-electron chi connectivity index (χ3n) is 7.68. The van der Waals surface area contributed by atoms with Crippen molar-refractivity contribution in [1.82, 2.24) is 14.9 Å². The van der Waals surface area contributed by atoms with Crippen LogP contribution in [0.2, 0.25) is 0 Å². The molecule has 2 N–H and O–H groups in total. The number of nitrogens with one attached hydrogen (secondary N) is 1. The van der Waals surface area contributed by atoms with Crippen LogP contribution < -0.4 is 10.2 Å². The van der Waals surface area contributed by atoms with Gasteiger partial charge in [-0.2, -0.15) is 0 Å². The number of carbonyl (C=O) groups is 2. The lowest BCUT2D eigenvalue weighted by Crippen LogP contribution is -2.44. The lowest BCUT2D eigenvalue weighted by Gasteiger charge is -2.35. The van der Waals surface area contributed by atoms with Crippen molar-refractivity contribution < 1.29 is 19.1 Å². The maximum absolute atomic E-state index is 14.7. The highest BCUT2D eigenvalue weighted by Crippen LogP contribution is 2.31. The van der Waals surface area contributed by atoms with Gasteiger partial charge in [0.15, 0.2) is 5.82 Å². The number of amides is 2. The quantitative estimate of drug-likeness (QED) is 0.656. The number of carbonyl (C=O) groups excluding carboxylic acids is 2. The van der Waals surface area contributed by atoms with E-state index in [1.165, 1.54) is 6.20 Å². The monoisotopic (exact) mass is 495 g/mol. The molecule has 3 fully saturated rings. The predicted molar refractivity (Wildman–Crippen MR) is 135 cm³/mol. The molecule has 1 aromatic heterocycles. The zero-order chi connectivity index (χ0) is 25.1. The van der Waals surface area contributed by atoms with Crippen LogP contribution in [0.5, 0.6) is 0 Å². The molecule has 2 aliphatic heterocycles. The van der Waals surface area contributed by atoms with Gasteiger partial charge in [-0.3, -0.25) is 9.59 Å². The van der Waals surface area contributed by atoms with Crippen LogP contribution in [0, 0.1) is 11.7 Å². The Morgan fingerprint density at radius 3 is 2.58 bits per heavy atom. The van der Waals surface area contributed by atoms with Gasteiger partial charge in [-0.15, -0.1) is 0 Å². The molecule has 5 rings (SSSR count). The molecule has 0 atom stereocenters. The topological polar surface area (TPSA) is 98.7 Å². The Bertz CT molecular complexity index is 1100. The lowest BCUT2D eigenvalue weighted by molar-refractivity contribution is -0.138. The molecule has 2 aromatic rings. The molecule has 0 radical (unpaired) electrons. The Morgan fingerprint density at radius 1 is 1.06 bits per heavy atom. The molecule has 8 nitrogen and oxygen atoms in total. The zero-order valence-corrected chi connectivity index (χ0v) is 20.5. The molecule has 36 heavy (non-hydrogen) atoms. The molecule has 1 aromatic carbocycles. The summed E-state index contributed by atoms with van der Waals surface area (Å²) in [7, 11) is 0. The van der Waals surface area contributed by atoms with Crippen LogP contribution >= 0.6 is 0 Å². The van der Waals surface area contributed by atoms with Crippen LogP contribution in [0.1, 0.15) is 57.8 Å². The van der Waals surface area contributed by atoms with Gasteiger partial charge in [-0.05, 0) is 63.5 Å². The van der Waals surface area contributed by atoms with Crippen molar-refractivity contribution >= 4 is 23.5 Å². The second-order valence-corrected chi connectivity index (χ2v) is 10.2. The van der Waals surface area contributed by atoms with Crippen LogP contribution in [0.15, 0.2) is 30.5 Å². The first-order valence-corrected chi connectivity index (χ1v) is 13.1. The fraction of sp³-hybridized carbons (Fsp3) is 0.556. The molecule has 1 saturated carbocycles. The SMILES string of the molecule is O=C(C1CCC(Nc2ncc(F)c(-c3cccc(N4CCCCC4=O)c3)n2)CC1)N1CCC(O)CC1. The average molecular weight is 496 g/mol. The number of hydrogen-bond donors (Lipinski definition) is 2. The first-order valence-electron chi connectivity index (χ1n) is 13.1. The maximum Gasteiger partial charge on any atom is 0.226 e. The molecular formula is C27H34FN5O3. The number of likely N-dealkylation sites (tertiary alicyclic amines) is 1. The highest BCUT2D eigenvalue weighted by molar-refractivity contribution is 5.94. The molecule has 0 unspecified atom stereocenters. The van der Waals surface area contributed by atoms with Crippen LogP contribution in [0.25, 0.3) is 11.3 Å². The third kappa shape index (κ3) is 5.51. The number of halogens is 1. The minimum atomic E-state index is -0.511. The molecule has 0 spiro atoms. The summed E-state index contributed by atoms with van der Waals surface area (Å²) in [6, 6.07) is 7.42. The summed E-state index contributed by atoms with van der Waals surface area (Å²) in [6.07, 6.45) is 7.82. The summed E-state index contributed by atoms with van der Waals surface area (Å²) < 4.78 is 14.7. The van der Waals surface area contributed by atoms with Crippen molar-refractivity contribution in [1.29, 1.82) is 0 Å². The molecule has 0 bridgehead atoms. The van der Waals surface area contributed by atoms with Gasteiger partial charge in [0.1, 0.15) is 5.69 Å². The Morgan fingerprint density at radius 2 is 1.83 bits per heavy atom. The smallest absolute Gasteiger partial charge is 0.226 e. The van der Waals surface area contributed by atoms with E-state index in [-0.39, 0.29) is 35.6 Å². The van der Waals surface area contributed by atoms with Crippen molar-refractivity contribution in [2.45, 2.75) is 69.9 Å². The summed E-state index contributed by atoms with van der Waals surface area (Å²) in [6.45, 7) is 1.95. The minimum Gasteiger partial charge on any atom is -0.393 e. The molecule has 1 aliphatic carbocycles. The Kier molecular flexibility index (Phi) is 7.46. The number of rotatable bonds is 5. The number of anilines is 2. The van der Waals surface area contributed by atoms with Gasteiger partial charge < -0.3 is 20.2 Å². The van der Waals surface area contributed by atoms with Gasteiger partial charge >= 0.3 is 0 Å². The summed E-state index contributed by atoms with van der Waals surface area (Å²) >= 11 is 0. The predicted octanol–water partition coefficient (Wildman–Crippen LogP) is 3.75. The van der Waals surface area contributed by atoms with E-state index in [9.17, 15) is 19.1 Å². The molecule has 2 amide bonds. The van der Waals surface area contributed by atoms with Crippen LogP contribution in [-0.2, 0) is 9.59 Å². The highest BCUT2D eigenvalue weighted by atomic mass is 19.1. The summed E-state index contributed by atoms with van der Waals surface area (Å²) in [5.74, 6) is 0.168. The van der Waals surface area contributed by atoms with Crippen molar-refractivity contribution in [2.24, 2.45) is 5.92 Å². The van der Waals surface area contributed by atoms with E-state index in [2.05, 4.69) is 15.3 Å². The summed E-state index contributed by atoms with van der Waals surface area (Å²) in [4.78, 5) is 37.5. The van der Waals surface area contributed by atoms with E-state index in [1.807, 2.05) is 23.1 Å². The van der Waals surface area contributed by atoms with Crippen LogP contribution in [0.3, 0.4) is 0 Å². The number of aliphatic hydroxyl groups excluding tert-OH is 1. The Labute approximate surface area is 210 Å². The van der Waals surface area contributed by atoms with E-state index in [0.717, 1.165) is 44.2 Å². The van der Waals surface area contributed by atoms with Crippen molar-refractivity contribution in [3.8, 4) is 11.3 Å². The summed E-state index contributed by atoms with van der Waals surface area (Å²) in [5.41, 5.74) is 1.57. The Hall–Kier alpha value is -3.07. The van der Waals surface area contributed by atoms with Crippen molar-refractivity contribution in [3.63, 3.8) is 0 Å². The fourth-order valence-electron chi connectivity index (χ4n) is 5.55. The largest absolute Gasteiger partial charge is 0.393 e. The van der Waals surface area contributed by atoms with E-state index < -0.39 is 5.82 Å². The molecule has 3 heterocycles. The first-order chi connectivity index (χ1) is 17.5. The molecular weight excluding hydrogens is 461 g/mol. The number of hydrogen-bond acceptors (Lipinski definition) is 6. The van der Waals surface area contributed by atoms with E-state index >= 15 is 0 Å². The zero-order valence-electron chi connectivity index (χ0n) is 20.5. The van der Waals surface area contributed by atoms with Crippen molar-refractivity contribution in [2.75, 3.05) is 29.9 Å². The molecule has 3 aliphatic rings. The van der Waals surface area contributed by atoms with Crippen molar-refractivity contribution in [3.05, 3.63) is 36.3 Å². The second kappa shape index (κ2) is 10.9. The normalized spacial score (nSPS) is 23.6. The minimum absolute atomic E-state index is 0.0169. The number of aromatic nitrogens is 2. The van der Waals surface area contributed by atoms with Gasteiger partial charge in [0.25, 0.3) is 0 Å². The van der Waals surface area contributed by atoms with Gasteiger partial charge in [0.2, 0.25) is 17.8 Å². The fourth-order valence-corrected chi connectivity index (χ4v) is 5.55. The van der Waals surface area contributed by atoms with Crippen LogP contribution in [-0.4, -0.2) is 63.6 Å². The average Bonchev–Trinajstić information content (AvgIpc) is 2.90. The third-order valence-corrected chi connectivity index (χ3v) is 7.68. The summed E-state index contributed by atoms with van der Waals surface area (Å²) in [5, 5.41) is 13.0. The highest BCUT2D eigenvalue weighted by Gasteiger charge is 2.31. The number of piperidine rings is 2. The Balaban J connectivity index is 1.22. The van der Waals surface area contributed by atoms with E-state index in [1.54, 1.807) is 11.0 Å². The maximum atomic E-state index is 14.7. The molecule has 9 heteroatoms. The number of nitrogens with zero attached hydrogens (tertiary/aromatic N) is 4. The first kappa shape index (κ1) is 24.6. The number of benzene rings is 1. The molecule has 2 saturated heterocycles. The van der Waals surface area contributed by atoms with Gasteiger partial charge in [0, 0.05) is 49.3 Å². The molecule has 192 valence electrons. The van der Waals surface area contributed by atoms with E-state index in [4.69, 9.17) is 0 Å². The van der Waals surface area contributed by atoms with Crippen LogP contribution in [0.4, 0.5) is 16.0 Å². The lowest BCUT2D eigenvalue weighted by atomic mass is 9.85.